The number of carbonyl (C=O) groups excluding carboxylic acids is 1. The molecule has 1 aromatic rings. The first-order valence-corrected chi connectivity index (χ1v) is 8.93. The highest BCUT2D eigenvalue weighted by Crippen LogP contribution is 2.40. The van der Waals surface area contributed by atoms with Gasteiger partial charge in [0.15, 0.2) is 11.5 Å². The number of hydrogen-bond acceptors (Lipinski definition) is 5. The van der Waals surface area contributed by atoms with Crippen LogP contribution in [0.25, 0.3) is 0 Å². The van der Waals surface area contributed by atoms with Gasteiger partial charge in [-0.15, -0.1) is 0 Å². The van der Waals surface area contributed by atoms with Crippen LogP contribution in [0, 0.1) is 0 Å². The van der Waals surface area contributed by atoms with Crippen molar-refractivity contribution < 1.29 is 28.9 Å². The first-order chi connectivity index (χ1) is 12.5. The molecule has 142 valence electrons. The fraction of sp³-hybridized carbons (Fsp3) is 0.579. The Morgan fingerprint density at radius 2 is 1.96 bits per heavy atom. The summed E-state index contributed by atoms with van der Waals surface area (Å²) in [5, 5.41) is 9.40. The largest absolute Gasteiger partial charge is 0.493 e. The third-order valence-electron chi connectivity index (χ3n) is 5.11. The zero-order valence-corrected chi connectivity index (χ0v) is 15.2. The molecule has 2 atom stereocenters. The highest BCUT2D eigenvalue weighted by Gasteiger charge is 2.37. The number of fused-ring (bicyclic) bond motifs is 1. The molecule has 1 saturated heterocycles. The van der Waals surface area contributed by atoms with Gasteiger partial charge in [-0.1, -0.05) is 0 Å². The number of nitrogens with zero attached hydrogens (tertiary/aromatic N) is 1. The fourth-order valence-corrected chi connectivity index (χ4v) is 3.80. The van der Waals surface area contributed by atoms with E-state index in [0.717, 1.165) is 24.0 Å². The summed E-state index contributed by atoms with van der Waals surface area (Å²) in [5.41, 5.74) is 1.79. The second-order valence-electron chi connectivity index (χ2n) is 6.66. The van der Waals surface area contributed by atoms with Gasteiger partial charge in [0.2, 0.25) is 0 Å². The van der Waals surface area contributed by atoms with E-state index < -0.39 is 18.1 Å². The number of carboxylic acids is 1. The molecule has 2 aliphatic rings. The standard InChI is InChI=1S/C19H25NO6/c1-24-16-9-12-6-7-20(19(23)15-5-3-4-8-26-15)14(11-18(21)22)13(12)10-17(16)25-2/h9-10,14-15H,3-8,11H2,1-2H3,(H,21,22). The van der Waals surface area contributed by atoms with E-state index in [1.165, 1.54) is 7.11 Å². The van der Waals surface area contributed by atoms with E-state index in [2.05, 4.69) is 0 Å². The lowest BCUT2D eigenvalue weighted by Crippen LogP contribution is -2.47. The summed E-state index contributed by atoms with van der Waals surface area (Å²) < 4.78 is 16.3. The van der Waals surface area contributed by atoms with Gasteiger partial charge in [0.25, 0.3) is 5.91 Å². The Morgan fingerprint density at radius 1 is 1.23 bits per heavy atom. The van der Waals surface area contributed by atoms with Crippen molar-refractivity contribution in [1.82, 2.24) is 4.90 Å². The monoisotopic (exact) mass is 363 g/mol. The van der Waals surface area contributed by atoms with Crippen molar-refractivity contribution >= 4 is 11.9 Å². The number of methoxy groups -OCH3 is 2. The van der Waals surface area contributed by atoms with Crippen LogP contribution in [0.4, 0.5) is 0 Å². The van der Waals surface area contributed by atoms with Gasteiger partial charge in [-0.3, -0.25) is 9.59 Å². The first kappa shape index (κ1) is 18.5. The SMILES string of the molecule is COc1cc2c(cc1OC)C(CC(=O)O)N(C(=O)C1CCCCO1)CC2. The number of rotatable bonds is 5. The van der Waals surface area contributed by atoms with Crippen LogP contribution in [0.5, 0.6) is 11.5 Å². The zero-order chi connectivity index (χ0) is 18.7. The maximum absolute atomic E-state index is 13.0. The average molecular weight is 363 g/mol. The summed E-state index contributed by atoms with van der Waals surface area (Å²) in [6, 6.07) is 3.14. The van der Waals surface area contributed by atoms with Crippen LogP contribution in [-0.2, 0) is 20.7 Å². The van der Waals surface area contributed by atoms with Crippen molar-refractivity contribution in [3.05, 3.63) is 23.3 Å². The Balaban J connectivity index is 1.95. The number of hydrogen-bond donors (Lipinski definition) is 1. The predicted octanol–water partition coefficient (Wildman–Crippen LogP) is 2.17. The Hall–Kier alpha value is -2.28. The summed E-state index contributed by atoms with van der Waals surface area (Å²) in [5.74, 6) is 0.0805. The maximum atomic E-state index is 13.0. The molecule has 0 aliphatic carbocycles. The van der Waals surface area contributed by atoms with Gasteiger partial charge in [-0.2, -0.15) is 0 Å². The quantitative estimate of drug-likeness (QED) is 0.863. The summed E-state index contributed by atoms with van der Waals surface area (Å²) in [7, 11) is 3.11. The van der Waals surface area contributed by atoms with Gasteiger partial charge in [0, 0.05) is 13.2 Å². The van der Waals surface area contributed by atoms with Crippen molar-refractivity contribution in [3.8, 4) is 11.5 Å². The molecule has 2 heterocycles. The normalized spacial score (nSPS) is 22.5. The fourth-order valence-electron chi connectivity index (χ4n) is 3.80. The molecule has 0 saturated carbocycles. The molecule has 1 fully saturated rings. The summed E-state index contributed by atoms with van der Waals surface area (Å²) in [6.07, 6.45) is 2.62. The Kier molecular flexibility index (Phi) is 5.66. The van der Waals surface area contributed by atoms with Crippen LogP contribution in [0.2, 0.25) is 0 Å². The zero-order valence-electron chi connectivity index (χ0n) is 15.2. The third-order valence-corrected chi connectivity index (χ3v) is 5.11. The molecule has 0 aromatic heterocycles. The van der Waals surface area contributed by atoms with E-state index in [4.69, 9.17) is 14.2 Å². The molecule has 7 heteroatoms. The molecule has 2 aliphatic heterocycles. The molecule has 0 spiro atoms. The number of carbonyl (C=O) groups is 2. The van der Waals surface area contributed by atoms with E-state index in [9.17, 15) is 14.7 Å². The Bertz CT molecular complexity index is 683. The molecular formula is C19H25NO6. The van der Waals surface area contributed by atoms with E-state index in [0.29, 0.717) is 37.5 Å². The summed E-state index contributed by atoms with van der Waals surface area (Å²) >= 11 is 0. The number of ether oxygens (including phenoxy) is 3. The molecular weight excluding hydrogens is 338 g/mol. The summed E-state index contributed by atoms with van der Waals surface area (Å²) in [6.45, 7) is 1.05. The molecule has 1 N–H and O–H groups in total. The van der Waals surface area contributed by atoms with Crippen LogP contribution >= 0.6 is 0 Å². The molecule has 2 unspecified atom stereocenters. The Morgan fingerprint density at radius 3 is 2.58 bits per heavy atom. The maximum Gasteiger partial charge on any atom is 0.305 e. The third kappa shape index (κ3) is 3.62. The van der Waals surface area contributed by atoms with Crippen molar-refractivity contribution in [2.45, 2.75) is 44.2 Å². The number of benzene rings is 1. The Labute approximate surface area is 152 Å². The van der Waals surface area contributed by atoms with Crippen molar-refractivity contribution in [3.63, 3.8) is 0 Å². The van der Waals surface area contributed by atoms with Gasteiger partial charge in [-0.05, 0) is 48.9 Å². The summed E-state index contributed by atoms with van der Waals surface area (Å²) in [4.78, 5) is 26.1. The molecule has 26 heavy (non-hydrogen) atoms. The highest BCUT2D eigenvalue weighted by molar-refractivity contribution is 5.83. The highest BCUT2D eigenvalue weighted by atomic mass is 16.5. The van der Waals surface area contributed by atoms with Crippen LogP contribution < -0.4 is 9.47 Å². The average Bonchev–Trinajstić information content (AvgIpc) is 2.67. The minimum absolute atomic E-state index is 0.114. The van der Waals surface area contributed by atoms with Gasteiger partial charge in [0.05, 0.1) is 26.7 Å². The first-order valence-electron chi connectivity index (χ1n) is 8.93. The minimum atomic E-state index is -0.944. The molecule has 7 nitrogen and oxygen atoms in total. The second-order valence-corrected chi connectivity index (χ2v) is 6.66. The van der Waals surface area contributed by atoms with Gasteiger partial charge >= 0.3 is 5.97 Å². The molecule has 0 bridgehead atoms. The lowest BCUT2D eigenvalue weighted by molar-refractivity contribution is -0.151. The van der Waals surface area contributed by atoms with E-state index in [1.54, 1.807) is 18.1 Å². The molecule has 1 amide bonds. The van der Waals surface area contributed by atoms with E-state index in [1.807, 2.05) is 6.07 Å². The van der Waals surface area contributed by atoms with Crippen LogP contribution in [0.15, 0.2) is 12.1 Å². The molecule has 3 rings (SSSR count). The van der Waals surface area contributed by atoms with Gasteiger partial charge in [-0.25, -0.2) is 0 Å². The lowest BCUT2D eigenvalue weighted by atomic mass is 9.89. The topological polar surface area (TPSA) is 85.3 Å². The molecule has 0 radical (unpaired) electrons. The van der Waals surface area contributed by atoms with Crippen LogP contribution in [0.1, 0.15) is 42.9 Å². The van der Waals surface area contributed by atoms with Gasteiger partial charge < -0.3 is 24.2 Å². The lowest BCUT2D eigenvalue weighted by Gasteiger charge is -2.39. The van der Waals surface area contributed by atoms with Crippen molar-refractivity contribution in [2.24, 2.45) is 0 Å². The van der Waals surface area contributed by atoms with Crippen molar-refractivity contribution in [1.29, 1.82) is 0 Å². The number of aliphatic carboxylic acids is 1. The minimum Gasteiger partial charge on any atom is -0.493 e. The smallest absolute Gasteiger partial charge is 0.305 e. The number of carboxylic acid groups (broad SMARTS) is 1. The predicted molar refractivity (Wildman–Crippen MR) is 93.5 cm³/mol. The van der Waals surface area contributed by atoms with E-state index in [-0.39, 0.29) is 12.3 Å². The van der Waals surface area contributed by atoms with Crippen molar-refractivity contribution in [2.75, 3.05) is 27.4 Å². The van der Waals surface area contributed by atoms with E-state index >= 15 is 0 Å². The van der Waals surface area contributed by atoms with Crippen LogP contribution in [0.3, 0.4) is 0 Å². The van der Waals surface area contributed by atoms with Crippen LogP contribution in [-0.4, -0.2) is 55.4 Å². The molecule has 1 aromatic carbocycles. The second kappa shape index (κ2) is 7.95. The van der Waals surface area contributed by atoms with Gasteiger partial charge in [0.1, 0.15) is 6.10 Å². The number of amides is 1.